The summed E-state index contributed by atoms with van der Waals surface area (Å²) < 4.78 is 39.5. The summed E-state index contributed by atoms with van der Waals surface area (Å²) in [5.74, 6) is -0.714. The molecule has 30 heavy (non-hydrogen) atoms. The zero-order valence-corrected chi connectivity index (χ0v) is 17.6. The van der Waals surface area contributed by atoms with Crippen molar-refractivity contribution in [3.63, 3.8) is 0 Å². The number of nitrogens with zero attached hydrogens (tertiary/aromatic N) is 2. The molecule has 0 radical (unpaired) electrons. The number of piperidine rings is 2. The van der Waals surface area contributed by atoms with E-state index in [-0.39, 0.29) is 36.7 Å². The van der Waals surface area contributed by atoms with Crippen LogP contribution < -0.4 is 0 Å². The molecular weight excluding hydrogens is 393 g/mol. The Morgan fingerprint density at radius 1 is 1.03 bits per heavy atom. The highest BCUT2D eigenvalue weighted by Gasteiger charge is 2.55. The van der Waals surface area contributed by atoms with Crippen LogP contribution in [0.1, 0.15) is 70.6 Å². The van der Waals surface area contributed by atoms with Crippen molar-refractivity contribution >= 4 is 11.8 Å². The average molecular weight is 427 g/mol. The van der Waals surface area contributed by atoms with Gasteiger partial charge in [-0.05, 0) is 69.8 Å². The normalized spacial score (nSPS) is 34.6. The van der Waals surface area contributed by atoms with Crippen molar-refractivity contribution in [2.24, 2.45) is 17.3 Å². The fraction of sp³-hybridized carbons (Fsp3) is 0.826. The van der Waals surface area contributed by atoms with Gasteiger partial charge in [-0.1, -0.05) is 19.4 Å². The Hall–Kier alpha value is -1.53. The van der Waals surface area contributed by atoms with Crippen LogP contribution >= 0.6 is 0 Å². The molecule has 2 amide bonds. The van der Waals surface area contributed by atoms with Gasteiger partial charge in [-0.3, -0.25) is 9.59 Å². The molecule has 2 aliphatic heterocycles. The first kappa shape index (κ1) is 21.7. The maximum Gasteiger partial charge on any atom is 0.391 e. The van der Waals surface area contributed by atoms with Gasteiger partial charge in [0.15, 0.2) is 0 Å². The van der Waals surface area contributed by atoms with Crippen LogP contribution in [0.4, 0.5) is 13.2 Å². The Balaban J connectivity index is 1.53. The smallest absolute Gasteiger partial charge is 0.339 e. The van der Waals surface area contributed by atoms with Crippen molar-refractivity contribution in [1.29, 1.82) is 0 Å². The van der Waals surface area contributed by atoms with Gasteiger partial charge in [-0.25, -0.2) is 0 Å². The van der Waals surface area contributed by atoms with Gasteiger partial charge >= 0.3 is 6.18 Å². The molecule has 0 aromatic rings. The van der Waals surface area contributed by atoms with E-state index >= 15 is 0 Å². The van der Waals surface area contributed by atoms with E-state index < -0.39 is 17.5 Å². The maximum atomic E-state index is 13.9. The van der Waals surface area contributed by atoms with Crippen LogP contribution in [-0.2, 0) is 9.59 Å². The van der Waals surface area contributed by atoms with Crippen LogP contribution in [0.2, 0.25) is 0 Å². The van der Waals surface area contributed by atoms with Gasteiger partial charge in [0.1, 0.15) is 0 Å². The molecule has 1 spiro atoms. The molecule has 2 saturated heterocycles. The van der Waals surface area contributed by atoms with E-state index in [9.17, 15) is 22.8 Å². The van der Waals surface area contributed by atoms with E-state index in [1.54, 1.807) is 4.90 Å². The highest BCUT2D eigenvalue weighted by Crippen LogP contribution is 2.51. The van der Waals surface area contributed by atoms with Gasteiger partial charge in [-0.15, -0.1) is 0 Å². The first-order valence-corrected chi connectivity index (χ1v) is 11.6. The first-order chi connectivity index (χ1) is 14.2. The molecule has 4 nitrogen and oxygen atoms in total. The first-order valence-electron chi connectivity index (χ1n) is 11.6. The maximum absolute atomic E-state index is 13.9. The molecule has 168 valence electrons. The summed E-state index contributed by atoms with van der Waals surface area (Å²) in [4.78, 5) is 29.7. The average Bonchev–Trinajstić information content (AvgIpc) is 2.74. The minimum Gasteiger partial charge on any atom is -0.339 e. The monoisotopic (exact) mass is 426 g/mol. The fourth-order valence-electron chi connectivity index (χ4n) is 6.63. The molecule has 0 bridgehead atoms. The molecule has 2 aliphatic carbocycles. The number of halogens is 3. The number of fused-ring (bicyclic) bond motifs is 1. The third kappa shape index (κ3) is 3.89. The largest absolute Gasteiger partial charge is 0.391 e. The second-order valence-corrected chi connectivity index (χ2v) is 9.89. The van der Waals surface area contributed by atoms with E-state index in [0.29, 0.717) is 44.7 Å². The lowest BCUT2D eigenvalue weighted by Crippen LogP contribution is -2.63. The fourth-order valence-corrected chi connectivity index (χ4v) is 6.63. The molecule has 0 aromatic carbocycles. The number of alkyl halides is 3. The molecular formula is C23H33F3N2O2. The Kier molecular flexibility index (Phi) is 5.92. The summed E-state index contributed by atoms with van der Waals surface area (Å²) in [5, 5.41) is 0. The quantitative estimate of drug-likeness (QED) is 0.601. The number of rotatable bonds is 2. The van der Waals surface area contributed by atoms with E-state index in [1.165, 1.54) is 12.5 Å². The lowest BCUT2D eigenvalue weighted by molar-refractivity contribution is -0.189. The third-order valence-electron chi connectivity index (χ3n) is 8.33. The lowest BCUT2D eigenvalue weighted by atomic mass is 9.62. The summed E-state index contributed by atoms with van der Waals surface area (Å²) in [5.41, 5.74) is -0.447. The summed E-state index contributed by atoms with van der Waals surface area (Å²) in [7, 11) is 0. The van der Waals surface area contributed by atoms with Gasteiger partial charge in [0.25, 0.3) is 0 Å². The Labute approximate surface area is 176 Å². The minimum atomic E-state index is -4.13. The standard InChI is InChI=1S/C23H33F3N2O2/c1-2-20(29)27-13-11-22(12-14-27)15-16-5-3-4-6-19(16)28(21(22)30)18-9-7-17(8-10-18)23(24,25)26/h2,16-19H,1,3-15H2. The van der Waals surface area contributed by atoms with Crippen molar-refractivity contribution in [3.8, 4) is 0 Å². The van der Waals surface area contributed by atoms with Gasteiger partial charge in [0, 0.05) is 25.2 Å². The van der Waals surface area contributed by atoms with Gasteiger partial charge in [-0.2, -0.15) is 13.2 Å². The Morgan fingerprint density at radius 2 is 1.67 bits per heavy atom. The highest BCUT2D eigenvalue weighted by atomic mass is 19.4. The zero-order valence-electron chi connectivity index (χ0n) is 17.6. The number of carbonyl (C=O) groups is 2. The number of carbonyl (C=O) groups excluding carboxylic acids is 2. The lowest BCUT2D eigenvalue weighted by Gasteiger charge is -2.56. The predicted octanol–water partition coefficient (Wildman–Crippen LogP) is 4.69. The van der Waals surface area contributed by atoms with Crippen LogP contribution in [0, 0.1) is 17.3 Å². The SMILES string of the molecule is C=CC(=O)N1CCC2(CC1)CC1CCCCC1N(C1CCC(C(F)(F)F)CC1)C2=O. The van der Waals surface area contributed by atoms with Gasteiger partial charge < -0.3 is 9.80 Å². The predicted molar refractivity (Wildman–Crippen MR) is 107 cm³/mol. The molecule has 4 aliphatic rings. The topological polar surface area (TPSA) is 40.6 Å². The third-order valence-corrected chi connectivity index (χ3v) is 8.33. The number of likely N-dealkylation sites (tertiary alicyclic amines) is 2. The van der Waals surface area contributed by atoms with E-state index in [4.69, 9.17) is 0 Å². The molecule has 4 fully saturated rings. The summed E-state index contributed by atoms with van der Waals surface area (Å²) >= 11 is 0. The Bertz CT molecular complexity index is 676. The summed E-state index contributed by atoms with van der Waals surface area (Å²) in [6.07, 6.45) is 4.89. The molecule has 0 N–H and O–H groups in total. The zero-order chi connectivity index (χ0) is 21.5. The van der Waals surface area contributed by atoms with E-state index in [1.807, 2.05) is 0 Å². The van der Waals surface area contributed by atoms with Crippen molar-refractivity contribution in [2.45, 2.75) is 88.9 Å². The molecule has 7 heteroatoms. The van der Waals surface area contributed by atoms with Gasteiger partial charge in [0.2, 0.25) is 11.8 Å². The molecule has 2 atom stereocenters. The second-order valence-electron chi connectivity index (χ2n) is 9.89. The summed E-state index contributed by atoms with van der Waals surface area (Å²) in [6, 6.07) is 0.129. The number of hydrogen-bond acceptors (Lipinski definition) is 2. The van der Waals surface area contributed by atoms with Crippen molar-refractivity contribution in [3.05, 3.63) is 12.7 Å². The van der Waals surface area contributed by atoms with E-state index in [0.717, 1.165) is 25.7 Å². The number of hydrogen-bond donors (Lipinski definition) is 0. The van der Waals surface area contributed by atoms with Crippen LogP contribution in [-0.4, -0.2) is 53.0 Å². The van der Waals surface area contributed by atoms with E-state index in [2.05, 4.69) is 11.5 Å². The molecule has 2 unspecified atom stereocenters. The van der Waals surface area contributed by atoms with Gasteiger partial charge in [0.05, 0.1) is 11.3 Å². The van der Waals surface area contributed by atoms with Crippen LogP contribution in [0.5, 0.6) is 0 Å². The van der Waals surface area contributed by atoms with Crippen LogP contribution in [0.3, 0.4) is 0 Å². The van der Waals surface area contributed by atoms with Crippen molar-refractivity contribution < 1.29 is 22.8 Å². The molecule has 4 rings (SSSR count). The molecule has 2 saturated carbocycles. The second kappa shape index (κ2) is 8.19. The number of amides is 2. The highest BCUT2D eigenvalue weighted by molar-refractivity contribution is 5.88. The molecule has 0 aromatic heterocycles. The van der Waals surface area contributed by atoms with Crippen LogP contribution in [0.15, 0.2) is 12.7 Å². The van der Waals surface area contributed by atoms with Crippen molar-refractivity contribution in [1.82, 2.24) is 9.80 Å². The summed E-state index contributed by atoms with van der Waals surface area (Å²) in [6.45, 7) is 4.68. The van der Waals surface area contributed by atoms with Crippen molar-refractivity contribution in [2.75, 3.05) is 13.1 Å². The minimum absolute atomic E-state index is 0.0632. The molecule has 2 heterocycles. The Morgan fingerprint density at radius 3 is 2.27 bits per heavy atom. The van der Waals surface area contributed by atoms with Crippen LogP contribution in [0.25, 0.3) is 0 Å².